The molecule has 3 rings (SSSR count). The summed E-state index contributed by atoms with van der Waals surface area (Å²) in [6, 6.07) is 9.39. The Bertz CT molecular complexity index is 583. The minimum absolute atomic E-state index is 0.695. The summed E-state index contributed by atoms with van der Waals surface area (Å²) in [5.74, 6) is 1.70. The highest BCUT2D eigenvalue weighted by molar-refractivity contribution is 7.80. The molecule has 1 saturated heterocycles. The number of hydrogen-bond donors (Lipinski definition) is 1. The molecule has 5 heteroatoms. The Labute approximate surface area is 163 Å². The van der Waals surface area contributed by atoms with Gasteiger partial charge in [-0.3, -0.25) is 0 Å². The summed E-state index contributed by atoms with van der Waals surface area (Å²) in [4.78, 5) is 5.00. The number of thiocarbonyl (C=S) groups is 1. The first kappa shape index (κ1) is 19.4. The standard InChI is InChI=1S/C21H33N3OS/c1-16-6-4-5-7-20(16)23(2)18-12-14-24(15-13-18)21(26)22-17-8-10-19(25-3)11-9-17/h8-11,16,18,20H,4-7,12-15H2,1-3H3,(H,22,26)/t16-,20+/m1/s1. The van der Waals surface area contributed by atoms with Gasteiger partial charge in [0.2, 0.25) is 0 Å². The Morgan fingerprint density at radius 2 is 1.77 bits per heavy atom. The predicted octanol–water partition coefficient (Wildman–Crippen LogP) is 4.37. The average molecular weight is 376 g/mol. The lowest BCUT2D eigenvalue weighted by Crippen LogP contribution is -2.51. The fraction of sp³-hybridized carbons (Fsp3) is 0.667. The van der Waals surface area contributed by atoms with Gasteiger partial charge in [0.15, 0.2) is 5.11 Å². The second-order valence-electron chi connectivity index (χ2n) is 7.87. The van der Waals surface area contributed by atoms with Gasteiger partial charge < -0.3 is 19.9 Å². The van der Waals surface area contributed by atoms with Gasteiger partial charge >= 0.3 is 0 Å². The third kappa shape index (κ3) is 4.68. The SMILES string of the molecule is COc1ccc(NC(=S)N2CCC(N(C)[C@H]3CCCC[C@H]3C)CC2)cc1. The Balaban J connectivity index is 1.48. The van der Waals surface area contributed by atoms with Crippen molar-refractivity contribution in [3.8, 4) is 5.75 Å². The highest BCUT2D eigenvalue weighted by atomic mass is 32.1. The van der Waals surface area contributed by atoms with Gasteiger partial charge in [0.05, 0.1) is 7.11 Å². The van der Waals surface area contributed by atoms with Crippen LogP contribution in [0.5, 0.6) is 5.75 Å². The molecule has 1 aromatic carbocycles. The molecular formula is C21H33N3OS. The van der Waals surface area contributed by atoms with Crippen molar-refractivity contribution in [2.45, 2.75) is 57.5 Å². The maximum absolute atomic E-state index is 5.64. The number of rotatable bonds is 4. The molecule has 2 atom stereocenters. The van der Waals surface area contributed by atoms with Crippen LogP contribution in [0.3, 0.4) is 0 Å². The zero-order valence-corrected chi connectivity index (χ0v) is 17.2. The molecule has 26 heavy (non-hydrogen) atoms. The Hall–Kier alpha value is -1.33. The molecule has 1 saturated carbocycles. The Morgan fingerprint density at radius 3 is 2.38 bits per heavy atom. The second kappa shape index (κ2) is 9.05. The summed E-state index contributed by atoms with van der Waals surface area (Å²) in [5.41, 5.74) is 1.02. The fourth-order valence-corrected chi connectivity index (χ4v) is 4.83. The number of nitrogens with zero attached hydrogens (tertiary/aromatic N) is 2. The van der Waals surface area contributed by atoms with E-state index in [0.717, 1.165) is 41.6 Å². The van der Waals surface area contributed by atoms with E-state index in [2.05, 4.69) is 29.1 Å². The van der Waals surface area contributed by atoms with E-state index in [0.29, 0.717) is 6.04 Å². The molecule has 0 unspecified atom stereocenters. The number of anilines is 1. The van der Waals surface area contributed by atoms with Crippen molar-refractivity contribution < 1.29 is 4.74 Å². The zero-order chi connectivity index (χ0) is 18.5. The molecule has 1 aliphatic carbocycles. The summed E-state index contributed by atoms with van der Waals surface area (Å²) >= 11 is 5.64. The van der Waals surface area contributed by atoms with Crippen LogP contribution in [0.2, 0.25) is 0 Å². The maximum atomic E-state index is 5.64. The van der Waals surface area contributed by atoms with Gasteiger partial charge in [-0.25, -0.2) is 0 Å². The Morgan fingerprint density at radius 1 is 1.12 bits per heavy atom. The van der Waals surface area contributed by atoms with E-state index in [4.69, 9.17) is 17.0 Å². The molecule has 4 nitrogen and oxygen atoms in total. The van der Waals surface area contributed by atoms with Gasteiger partial charge in [-0.2, -0.15) is 0 Å². The van der Waals surface area contributed by atoms with Crippen LogP contribution in [-0.2, 0) is 0 Å². The smallest absolute Gasteiger partial charge is 0.173 e. The summed E-state index contributed by atoms with van der Waals surface area (Å²) in [6.07, 6.45) is 7.97. The summed E-state index contributed by atoms with van der Waals surface area (Å²) in [6.45, 7) is 4.51. The van der Waals surface area contributed by atoms with Crippen LogP contribution >= 0.6 is 12.2 Å². The summed E-state index contributed by atoms with van der Waals surface area (Å²) < 4.78 is 5.21. The van der Waals surface area contributed by atoms with Crippen molar-refractivity contribution in [1.82, 2.24) is 9.80 Å². The van der Waals surface area contributed by atoms with Crippen LogP contribution in [0.1, 0.15) is 45.4 Å². The van der Waals surface area contributed by atoms with Crippen molar-refractivity contribution in [2.75, 3.05) is 32.6 Å². The first-order valence-corrected chi connectivity index (χ1v) is 10.4. The second-order valence-corrected chi connectivity index (χ2v) is 8.26. The predicted molar refractivity (Wildman–Crippen MR) is 113 cm³/mol. The molecule has 1 N–H and O–H groups in total. The summed E-state index contributed by atoms with van der Waals surface area (Å²) in [7, 11) is 4.03. The van der Waals surface area contributed by atoms with Crippen molar-refractivity contribution in [1.29, 1.82) is 0 Å². The van der Waals surface area contributed by atoms with E-state index in [1.54, 1.807) is 7.11 Å². The summed E-state index contributed by atoms with van der Waals surface area (Å²) in [5, 5.41) is 4.20. The first-order chi connectivity index (χ1) is 12.6. The molecule has 1 aliphatic heterocycles. The van der Waals surface area contributed by atoms with Crippen molar-refractivity contribution in [3.63, 3.8) is 0 Å². The fourth-order valence-electron chi connectivity index (χ4n) is 4.53. The number of hydrogen-bond acceptors (Lipinski definition) is 3. The number of piperidine rings is 1. The van der Waals surface area contributed by atoms with Crippen LogP contribution in [0, 0.1) is 5.92 Å². The van der Waals surface area contributed by atoms with Crippen LogP contribution in [0.4, 0.5) is 5.69 Å². The minimum Gasteiger partial charge on any atom is -0.497 e. The third-order valence-corrected chi connectivity index (χ3v) is 6.62. The van der Waals surface area contributed by atoms with E-state index in [9.17, 15) is 0 Å². The number of ether oxygens (including phenoxy) is 1. The van der Waals surface area contributed by atoms with Gasteiger partial charge in [-0.05, 0) is 75.1 Å². The van der Waals surface area contributed by atoms with Gasteiger partial charge in [0.25, 0.3) is 0 Å². The normalized spacial score (nSPS) is 24.5. The van der Waals surface area contributed by atoms with Gasteiger partial charge in [0, 0.05) is 30.9 Å². The van der Waals surface area contributed by atoms with E-state index in [1.807, 2.05) is 24.3 Å². The highest BCUT2D eigenvalue weighted by Gasteiger charge is 2.31. The molecule has 0 radical (unpaired) electrons. The number of benzene rings is 1. The zero-order valence-electron chi connectivity index (χ0n) is 16.4. The molecule has 0 spiro atoms. The van der Waals surface area contributed by atoms with Crippen LogP contribution < -0.4 is 10.1 Å². The van der Waals surface area contributed by atoms with E-state index >= 15 is 0 Å². The van der Waals surface area contributed by atoms with Gasteiger partial charge in [0.1, 0.15) is 5.75 Å². The molecule has 1 aromatic rings. The maximum Gasteiger partial charge on any atom is 0.173 e. The van der Waals surface area contributed by atoms with Crippen LogP contribution in [0.15, 0.2) is 24.3 Å². The number of likely N-dealkylation sites (tertiary alicyclic amines) is 1. The largest absolute Gasteiger partial charge is 0.497 e. The monoisotopic (exact) mass is 375 g/mol. The topological polar surface area (TPSA) is 27.7 Å². The highest BCUT2D eigenvalue weighted by Crippen LogP contribution is 2.30. The van der Waals surface area contributed by atoms with Crippen LogP contribution in [0.25, 0.3) is 0 Å². The molecule has 1 heterocycles. The van der Waals surface area contributed by atoms with E-state index < -0.39 is 0 Å². The molecule has 2 fully saturated rings. The van der Waals surface area contributed by atoms with E-state index in [1.165, 1.54) is 38.5 Å². The van der Waals surface area contributed by atoms with Crippen molar-refractivity contribution in [2.24, 2.45) is 5.92 Å². The molecule has 144 valence electrons. The average Bonchev–Trinajstić information content (AvgIpc) is 2.68. The van der Waals surface area contributed by atoms with Gasteiger partial charge in [-0.1, -0.05) is 19.8 Å². The molecule has 0 bridgehead atoms. The van der Waals surface area contributed by atoms with Crippen molar-refractivity contribution in [3.05, 3.63) is 24.3 Å². The minimum atomic E-state index is 0.695. The quantitative estimate of drug-likeness (QED) is 0.789. The Kier molecular flexibility index (Phi) is 6.76. The third-order valence-electron chi connectivity index (χ3n) is 6.26. The molecule has 0 amide bonds. The van der Waals surface area contributed by atoms with Crippen LogP contribution in [-0.4, -0.2) is 54.2 Å². The molecule has 2 aliphatic rings. The molecular weight excluding hydrogens is 342 g/mol. The number of methoxy groups -OCH3 is 1. The lowest BCUT2D eigenvalue weighted by atomic mass is 9.84. The molecule has 0 aromatic heterocycles. The lowest BCUT2D eigenvalue weighted by molar-refractivity contribution is 0.0691. The first-order valence-electron chi connectivity index (χ1n) is 10.0. The lowest BCUT2D eigenvalue weighted by Gasteiger charge is -2.44. The number of nitrogens with one attached hydrogen (secondary N) is 1. The van der Waals surface area contributed by atoms with Gasteiger partial charge in [-0.15, -0.1) is 0 Å². The van der Waals surface area contributed by atoms with E-state index in [-0.39, 0.29) is 0 Å². The van der Waals surface area contributed by atoms with Crippen molar-refractivity contribution >= 4 is 23.0 Å².